The molecule has 2 unspecified atom stereocenters. The van der Waals surface area contributed by atoms with Crippen molar-refractivity contribution in [1.82, 2.24) is 9.97 Å². The van der Waals surface area contributed by atoms with Gasteiger partial charge < -0.3 is 0 Å². The zero-order valence-corrected chi connectivity index (χ0v) is 30.7. The first kappa shape index (κ1) is 31.8. The fourth-order valence-corrected chi connectivity index (χ4v) is 11.8. The van der Waals surface area contributed by atoms with E-state index < -0.39 is 23.2 Å². The van der Waals surface area contributed by atoms with E-state index in [1.165, 1.54) is 55.6 Å². The Morgan fingerprint density at radius 3 is 1.33 bits per heavy atom. The standard InChI is InChI=1S/2C23H20N.Zr/c2*1-2-6-17-10-12-18(13-11-17)19-7-5-8-20-21(19)14-15-22(20)23-9-3-4-16-24-23;/h2*3-5,7-14,16,22H,2,6H2,1H3;. The van der Waals surface area contributed by atoms with Gasteiger partial charge in [0.1, 0.15) is 0 Å². The Kier molecular flexibility index (Phi) is 9.20. The number of fused-ring (bicyclic) bond motifs is 2. The van der Waals surface area contributed by atoms with Crippen LogP contribution in [0.5, 0.6) is 0 Å². The van der Waals surface area contributed by atoms with E-state index in [1.54, 1.807) is 6.56 Å². The molecule has 0 N–H and O–H groups in total. The van der Waals surface area contributed by atoms with E-state index in [9.17, 15) is 0 Å². The minimum atomic E-state index is -1.32. The Balaban J connectivity index is 1.24. The summed E-state index contributed by atoms with van der Waals surface area (Å²) in [5.41, 5.74) is 15.8. The van der Waals surface area contributed by atoms with Crippen LogP contribution in [0.3, 0.4) is 0 Å². The van der Waals surface area contributed by atoms with E-state index in [0.717, 1.165) is 37.1 Å². The molecule has 0 amide bonds. The van der Waals surface area contributed by atoms with Gasteiger partial charge in [0.05, 0.1) is 0 Å². The number of benzene rings is 4. The Morgan fingerprint density at radius 2 is 0.939 bits per heavy atom. The Labute approximate surface area is 302 Å². The molecule has 0 spiro atoms. The zero-order valence-electron chi connectivity index (χ0n) is 28.2. The number of aryl methyl sites for hydroxylation is 2. The van der Waals surface area contributed by atoms with Gasteiger partial charge in [-0.05, 0) is 0 Å². The van der Waals surface area contributed by atoms with Crippen LogP contribution in [-0.4, -0.2) is 9.97 Å². The van der Waals surface area contributed by atoms with Crippen LogP contribution in [0.15, 0.2) is 140 Å². The molecule has 238 valence electrons. The molecule has 6 aromatic rings. The molecular formula is C46H40N2Zr. The van der Waals surface area contributed by atoms with Gasteiger partial charge in [-0.15, -0.1) is 0 Å². The topological polar surface area (TPSA) is 25.8 Å². The van der Waals surface area contributed by atoms with Crippen molar-refractivity contribution in [2.24, 2.45) is 0 Å². The molecule has 2 heterocycles. The summed E-state index contributed by atoms with van der Waals surface area (Å²) in [7, 11) is 0. The van der Waals surface area contributed by atoms with Crippen molar-refractivity contribution in [3.63, 3.8) is 0 Å². The van der Waals surface area contributed by atoms with E-state index in [-0.39, 0.29) is 11.8 Å². The molecular weight excluding hydrogens is 672 g/mol. The van der Waals surface area contributed by atoms with Gasteiger partial charge in [-0.1, -0.05) is 0 Å². The van der Waals surface area contributed by atoms with Crippen LogP contribution in [0.2, 0.25) is 0 Å². The summed E-state index contributed by atoms with van der Waals surface area (Å²) in [6, 6.07) is 45.0. The summed E-state index contributed by atoms with van der Waals surface area (Å²) in [6.07, 6.45) is 13.5. The zero-order chi connectivity index (χ0) is 33.2. The monoisotopic (exact) mass is 710 g/mol. The first-order valence-corrected chi connectivity index (χ1v) is 20.1. The third-order valence-corrected chi connectivity index (χ3v) is 13.5. The van der Waals surface area contributed by atoms with Crippen LogP contribution in [-0.2, 0) is 36.1 Å². The molecule has 0 saturated carbocycles. The minimum absolute atomic E-state index is 0.168. The van der Waals surface area contributed by atoms with Crippen LogP contribution >= 0.6 is 0 Å². The molecule has 2 atom stereocenters. The fourth-order valence-electron chi connectivity index (χ4n) is 7.70. The van der Waals surface area contributed by atoms with Gasteiger partial charge >= 0.3 is 304 Å². The Hall–Kier alpha value is -4.46. The second-order valence-electron chi connectivity index (χ2n) is 13.2. The van der Waals surface area contributed by atoms with Crippen molar-refractivity contribution >= 4 is 12.2 Å². The van der Waals surface area contributed by atoms with Gasteiger partial charge in [-0.25, -0.2) is 0 Å². The molecule has 2 aliphatic rings. The molecule has 0 radical (unpaired) electrons. The second kappa shape index (κ2) is 14.2. The molecule has 3 heteroatoms. The average molecular weight is 712 g/mol. The van der Waals surface area contributed by atoms with Gasteiger partial charge in [-0.3, -0.25) is 0 Å². The SMILES string of the molecule is CCCc1ccc(-c2cccc3c2C=[C]([Zr][C]2=Cc4c(-c5ccc(CCC)cc5)cccc4C2c2ccccn2)C3c2ccccn2)cc1. The number of rotatable bonds is 10. The summed E-state index contributed by atoms with van der Waals surface area (Å²) in [6.45, 7) is 4.49. The van der Waals surface area contributed by atoms with Gasteiger partial charge in [0, 0.05) is 0 Å². The predicted octanol–water partition coefficient (Wildman–Crippen LogP) is 11.5. The maximum absolute atomic E-state index is 4.96. The van der Waals surface area contributed by atoms with Crippen LogP contribution in [0.4, 0.5) is 0 Å². The number of pyridine rings is 2. The number of allylic oxidation sites excluding steroid dienone is 2. The van der Waals surface area contributed by atoms with Crippen molar-refractivity contribution in [2.45, 2.75) is 51.4 Å². The van der Waals surface area contributed by atoms with E-state index >= 15 is 0 Å². The van der Waals surface area contributed by atoms with E-state index in [1.807, 2.05) is 24.5 Å². The number of aromatic nitrogens is 2. The molecule has 2 aliphatic carbocycles. The van der Waals surface area contributed by atoms with Crippen molar-refractivity contribution in [2.75, 3.05) is 0 Å². The molecule has 8 rings (SSSR count). The molecule has 0 aliphatic heterocycles. The number of hydrogen-bond donors (Lipinski definition) is 0. The number of nitrogens with zero attached hydrogens (tertiary/aromatic N) is 2. The van der Waals surface area contributed by atoms with Crippen LogP contribution in [0.1, 0.15) is 83.3 Å². The first-order chi connectivity index (χ1) is 24.2. The summed E-state index contributed by atoms with van der Waals surface area (Å²) in [4.78, 5) is 9.93. The summed E-state index contributed by atoms with van der Waals surface area (Å²) in [5.74, 6) is 0.336. The Bertz CT molecular complexity index is 1990. The average Bonchev–Trinajstić information content (AvgIpc) is 3.71. The Morgan fingerprint density at radius 1 is 0.490 bits per heavy atom. The summed E-state index contributed by atoms with van der Waals surface area (Å²) in [5, 5.41) is 0. The van der Waals surface area contributed by atoms with Crippen molar-refractivity contribution < 1.29 is 23.2 Å². The molecule has 0 saturated heterocycles. The third kappa shape index (κ3) is 6.26. The normalized spacial score (nSPS) is 16.1. The molecule has 0 bridgehead atoms. The van der Waals surface area contributed by atoms with Crippen LogP contribution < -0.4 is 0 Å². The molecule has 49 heavy (non-hydrogen) atoms. The molecule has 4 aromatic carbocycles. The second-order valence-corrected chi connectivity index (χ2v) is 16.7. The van der Waals surface area contributed by atoms with Gasteiger partial charge in [-0.2, -0.15) is 0 Å². The third-order valence-electron chi connectivity index (χ3n) is 9.99. The number of hydrogen-bond acceptors (Lipinski definition) is 2. The van der Waals surface area contributed by atoms with Gasteiger partial charge in [0.2, 0.25) is 0 Å². The molecule has 2 nitrogen and oxygen atoms in total. The van der Waals surface area contributed by atoms with E-state index in [2.05, 4.69) is 135 Å². The van der Waals surface area contributed by atoms with Crippen molar-refractivity contribution in [3.8, 4) is 22.3 Å². The van der Waals surface area contributed by atoms with Gasteiger partial charge in [0.15, 0.2) is 0 Å². The van der Waals surface area contributed by atoms with Crippen LogP contribution in [0.25, 0.3) is 34.4 Å². The first-order valence-electron chi connectivity index (χ1n) is 17.7. The van der Waals surface area contributed by atoms with Crippen molar-refractivity contribution in [1.29, 1.82) is 0 Å². The fraction of sp³-hybridized carbons (Fsp3) is 0.174. The maximum atomic E-state index is 4.96. The molecule has 0 fully saturated rings. The molecule has 2 aromatic heterocycles. The van der Waals surface area contributed by atoms with Crippen molar-refractivity contribution in [3.05, 3.63) is 185 Å². The van der Waals surface area contributed by atoms with E-state index in [4.69, 9.17) is 9.97 Å². The summed E-state index contributed by atoms with van der Waals surface area (Å²) < 4.78 is 3.11. The van der Waals surface area contributed by atoms with Gasteiger partial charge in [0.25, 0.3) is 0 Å². The predicted molar refractivity (Wildman–Crippen MR) is 200 cm³/mol. The summed E-state index contributed by atoms with van der Waals surface area (Å²) >= 11 is -1.32. The van der Waals surface area contributed by atoms with E-state index in [0.29, 0.717) is 0 Å². The quantitative estimate of drug-likeness (QED) is 0.141. The van der Waals surface area contributed by atoms with Crippen LogP contribution in [0, 0.1) is 0 Å².